The molecule has 1 aliphatic heterocycles. The molecule has 0 saturated carbocycles. The lowest BCUT2D eigenvalue weighted by Crippen LogP contribution is -2.48. The summed E-state index contributed by atoms with van der Waals surface area (Å²) < 4.78 is 59.4. The second-order valence-corrected chi connectivity index (χ2v) is 12.0. The second kappa shape index (κ2) is 12.4. The highest BCUT2D eigenvalue weighted by Gasteiger charge is 2.35. The van der Waals surface area contributed by atoms with Crippen LogP contribution in [0.4, 0.5) is 10.1 Å². The summed E-state index contributed by atoms with van der Waals surface area (Å²) in [6.07, 6.45) is -0.505. The minimum atomic E-state index is -4.14. The molecule has 3 atom stereocenters. The Morgan fingerprint density at radius 1 is 1.15 bits per heavy atom. The Bertz CT molecular complexity index is 1530. The fraction of sp³-hybridized carbons (Fsp3) is 0.393. The third-order valence-electron chi connectivity index (χ3n) is 6.91. The molecule has 0 bridgehead atoms. The Hall–Kier alpha value is -3.81. The number of likely N-dealkylation sites (N-methyl/N-ethyl adjacent to an activating group) is 1. The van der Waals surface area contributed by atoms with Crippen LogP contribution in [0.25, 0.3) is 0 Å². The van der Waals surface area contributed by atoms with Crippen LogP contribution in [-0.4, -0.2) is 80.6 Å². The molecule has 0 spiro atoms. The van der Waals surface area contributed by atoms with E-state index in [1.165, 1.54) is 52.7 Å². The first kappa shape index (κ1) is 30.2. The van der Waals surface area contributed by atoms with Crippen LogP contribution in [0, 0.1) is 18.7 Å². The molecular weight excluding hydrogens is 555 g/mol. The van der Waals surface area contributed by atoms with Crippen molar-refractivity contribution in [1.82, 2.24) is 14.4 Å². The molecule has 2 heterocycles. The Kier molecular flexibility index (Phi) is 9.10. The molecule has 13 heteroatoms. The lowest BCUT2D eigenvalue weighted by atomic mass is 10.0. The van der Waals surface area contributed by atoms with Crippen molar-refractivity contribution >= 4 is 27.5 Å². The lowest BCUT2D eigenvalue weighted by molar-refractivity contribution is 0.0212. The molecule has 1 N–H and O–H groups in total. The summed E-state index contributed by atoms with van der Waals surface area (Å²) in [5.41, 5.74) is 0.633. The number of ether oxygens (including phenoxy) is 2. The number of benzene rings is 2. The van der Waals surface area contributed by atoms with Gasteiger partial charge in [0.25, 0.3) is 11.8 Å². The van der Waals surface area contributed by atoms with Crippen molar-refractivity contribution in [3.63, 3.8) is 0 Å². The van der Waals surface area contributed by atoms with Crippen molar-refractivity contribution in [3.05, 3.63) is 71.4 Å². The van der Waals surface area contributed by atoms with Crippen LogP contribution in [-0.2, 0) is 14.8 Å². The van der Waals surface area contributed by atoms with Crippen molar-refractivity contribution in [1.29, 1.82) is 0 Å². The predicted octanol–water partition coefficient (Wildman–Crippen LogP) is 3.57. The average molecular weight is 589 g/mol. The number of anilines is 1. The maximum absolute atomic E-state index is 14.0. The van der Waals surface area contributed by atoms with Gasteiger partial charge in [-0.1, -0.05) is 18.1 Å². The van der Waals surface area contributed by atoms with Gasteiger partial charge in [-0.2, -0.15) is 4.31 Å². The number of nitrogens with zero attached hydrogens (tertiary/aromatic N) is 3. The topological polar surface area (TPSA) is 131 Å². The van der Waals surface area contributed by atoms with Crippen LogP contribution in [0.15, 0.2) is 57.9 Å². The zero-order chi connectivity index (χ0) is 29.9. The molecule has 2 amide bonds. The van der Waals surface area contributed by atoms with E-state index in [0.717, 1.165) is 6.07 Å². The first-order valence-electron chi connectivity index (χ1n) is 13.0. The standard InChI is InChI=1S/C28H33FN4O7S/c1-17-14-33(41(36,37)22-8-6-7-20(29)12-22)18(2)16-39-25-13-21(30-27(34)24-11-19(3)40-31-24)9-10-23(25)28(35)32(4)15-26(17)38-5/h6-13,17-18,26H,14-16H2,1-5H3,(H,30,34)/t17-,18-,26-/m1/s1. The number of carbonyl (C=O) groups excluding carboxylic acids is 2. The molecule has 0 radical (unpaired) electrons. The van der Waals surface area contributed by atoms with Crippen molar-refractivity contribution in [3.8, 4) is 5.75 Å². The maximum atomic E-state index is 14.0. The van der Waals surface area contributed by atoms with Crippen LogP contribution in [0.5, 0.6) is 5.75 Å². The van der Waals surface area contributed by atoms with Crippen LogP contribution < -0.4 is 10.1 Å². The summed E-state index contributed by atoms with van der Waals surface area (Å²) in [7, 11) is -1.02. The van der Waals surface area contributed by atoms with Crippen LogP contribution in [0.2, 0.25) is 0 Å². The van der Waals surface area contributed by atoms with Crippen LogP contribution in [0.3, 0.4) is 0 Å². The molecule has 220 valence electrons. The number of halogens is 1. The quantitative estimate of drug-likeness (QED) is 0.479. The number of methoxy groups -OCH3 is 1. The van der Waals surface area contributed by atoms with Gasteiger partial charge in [0.1, 0.15) is 23.9 Å². The normalized spacial score (nSPS) is 20.9. The molecule has 0 unspecified atom stereocenters. The number of fused-ring (bicyclic) bond motifs is 1. The number of hydrogen-bond acceptors (Lipinski definition) is 8. The summed E-state index contributed by atoms with van der Waals surface area (Å²) in [5.74, 6) is -1.24. The van der Waals surface area contributed by atoms with E-state index in [0.29, 0.717) is 11.4 Å². The first-order valence-corrected chi connectivity index (χ1v) is 14.4. The molecule has 0 aliphatic carbocycles. The largest absolute Gasteiger partial charge is 0.491 e. The number of aromatic nitrogens is 1. The molecule has 41 heavy (non-hydrogen) atoms. The van der Waals surface area contributed by atoms with E-state index >= 15 is 0 Å². The summed E-state index contributed by atoms with van der Waals surface area (Å²) >= 11 is 0. The average Bonchev–Trinajstić information content (AvgIpc) is 3.38. The molecule has 3 aromatic rings. The zero-order valence-corrected chi connectivity index (χ0v) is 24.3. The molecule has 0 fully saturated rings. The van der Waals surface area contributed by atoms with E-state index in [4.69, 9.17) is 14.0 Å². The van der Waals surface area contributed by atoms with E-state index in [1.54, 1.807) is 27.0 Å². The lowest BCUT2D eigenvalue weighted by Gasteiger charge is -2.35. The molecule has 1 aromatic heterocycles. The minimum absolute atomic E-state index is 0.0317. The SMILES string of the molecule is CO[C@@H]1CN(C)C(=O)c2ccc(NC(=O)c3cc(C)on3)cc2OC[C@@H](C)N(S(=O)(=O)c2cccc(F)c2)C[C@H]1C. The zero-order valence-electron chi connectivity index (χ0n) is 23.5. The van der Waals surface area contributed by atoms with Gasteiger partial charge in [-0.05, 0) is 50.1 Å². The molecule has 4 rings (SSSR count). The van der Waals surface area contributed by atoms with E-state index < -0.39 is 33.9 Å². The number of nitrogens with one attached hydrogen (secondary N) is 1. The van der Waals surface area contributed by atoms with E-state index in [9.17, 15) is 22.4 Å². The molecule has 11 nitrogen and oxygen atoms in total. The third kappa shape index (κ3) is 6.75. The molecule has 1 aliphatic rings. The molecular formula is C28H33FN4O7S. The Balaban J connectivity index is 1.71. The van der Waals surface area contributed by atoms with Gasteiger partial charge in [0.2, 0.25) is 10.0 Å². The summed E-state index contributed by atoms with van der Waals surface area (Å²) in [6.45, 7) is 5.23. The smallest absolute Gasteiger partial charge is 0.277 e. The van der Waals surface area contributed by atoms with Crippen molar-refractivity contribution in [2.75, 3.05) is 39.2 Å². The van der Waals surface area contributed by atoms with Crippen molar-refractivity contribution in [2.24, 2.45) is 5.92 Å². The Morgan fingerprint density at radius 3 is 2.56 bits per heavy atom. The molecule has 2 aromatic carbocycles. The summed E-state index contributed by atoms with van der Waals surface area (Å²) in [6, 6.07) is 10.2. The Morgan fingerprint density at radius 2 is 1.90 bits per heavy atom. The van der Waals surface area contributed by atoms with E-state index in [1.807, 2.05) is 6.92 Å². The highest BCUT2D eigenvalue weighted by Crippen LogP contribution is 2.29. The van der Waals surface area contributed by atoms with Crippen LogP contribution in [0.1, 0.15) is 40.5 Å². The monoisotopic (exact) mass is 588 g/mol. The first-order chi connectivity index (χ1) is 19.4. The molecule has 0 saturated heterocycles. The van der Waals surface area contributed by atoms with E-state index in [-0.39, 0.29) is 53.4 Å². The Labute approximate surface area is 238 Å². The van der Waals surface area contributed by atoms with E-state index in [2.05, 4.69) is 10.5 Å². The number of amides is 2. The van der Waals surface area contributed by atoms with Gasteiger partial charge in [-0.15, -0.1) is 0 Å². The maximum Gasteiger partial charge on any atom is 0.277 e. The van der Waals surface area contributed by atoms with Gasteiger partial charge >= 0.3 is 0 Å². The predicted molar refractivity (Wildman–Crippen MR) is 148 cm³/mol. The van der Waals surface area contributed by atoms with Gasteiger partial charge in [0.15, 0.2) is 5.69 Å². The highest BCUT2D eigenvalue weighted by atomic mass is 32.2. The van der Waals surface area contributed by atoms with Gasteiger partial charge in [0.05, 0.1) is 22.6 Å². The van der Waals surface area contributed by atoms with Gasteiger partial charge in [-0.25, -0.2) is 12.8 Å². The van der Waals surface area contributed by atoms with Gasteiger partial charge in [0, 0.05) is 45.1 Å². The van der Waals surface area contributed by atoms with Crippen molar-refractivity contribution < 1.29 is 36.4 Å². The second-order valence-electron chi connectivity index (χ2n) is 10.1. The number of carbonyl (C=O) groups is 2. The third-order valence-corrected chi connectivity index (χ3v) is 8.89. The number of aryl methyl sites for hydroxylation is 1. The van der Waals surface area contributed by atoms with Crippen LogP contribution >= 0.6 is 0 Å². The highest BCUT2D eigenvalue weighted by molar-refractivity contribution is 7.89. The van der Waals surface area contributed by atoms with Gasteiger partial charge < -0.3 is 24.2 Å². The van der Waals surface area contributed by atoms with Gasteiger partial charge in [-0.3, -0.25) is 9.59 Å². The number of hydrogen-bond donors (Lipinski definition) is 1. The fourth-order valence-corrected chi connectivity index (χ4v) is 6.33. The van der Waals surface area contributed by atoms with Crippen molar-refractivity contribution in [2.45, 2.75) is 37.8 Å². The minimum Gasteiger partial charge on any atom is -0.491 e. The number of rotatable bonds is 5. The fourth-order valence-electron chi connectivity index (χ4n) is 4.58. The summed E-state index contributed by atoms with van der Waals surface area (Å²) in [4.78, 5) is 27.3. The summed E-state index contributed by atoms with van der Waals surface area (Å²) in [5, 5.41) is 6.41. The number of sulfonamides is 1.